The van der Waals surface area contributed by atoms with Crippen molar-refractivity contribution in [3.63, 3.8) is 0 Å². The van der Waals surface area contributed by atoms with E-state index in [2.05, 4.69) is 5.32 Å². The highest BCUT2D eigenvalue weighted by atomic mass is 19.1. The molecule has 2 aromatic carbocycles. The number of nitrogens with two attached hydrogens (primary N) is 1. The van der Waals surface area contributed by atoms with Crippen molar-refractivity contribution in [2.45, 2.75) is 12.5 Å². The van der Waals surface area contributed by atoms with Gasteiger partial charge < -0.3 is 16.2 Å². The van der Waals surface area contributed by atoms with Gasteiger partial charge in [-0.1, -0.05) is 12.1 Å². The average molecular weight is 274 g/mol. The van der Waals surface area contributed by atoms with Crippen molar-refractivity contribution >= 4 is 11.6 Å². The zero-order chi connectivity index (χ0) is 14.8. The highest BCUT2D eigenvalue weighted by molar-refractivity contribution is 5.89. The third-order valence-electron chi connectivity index (χ3n) is 3.15. The van der Waals surface area contributed by atoms with Gasteiger partial charge in [-0.2, -0.15) is 0 Å². The number of phenols is 1. The van der Waals surface area contributed by atoms with E-state index in [0.717, 1.165) is 0 Å². The molecular formula is C15H15FN2O2. The highest BCUT2D eigenvalue weighted by Crippen LogP contribution is 2.28. The minimum absolute atomic E-state index is 0.0379. The Morgan fingerprint density at radius 3 is 2.45 bits per heavy atom. The van der Waals surface area contributed by atoms with Crippen LogP contribution in [0, 0.1) is 5.82 Å². The lowest BCUT2D eigenvalue weighted by atomic mass is 9.90. The van der Waals surface area contributed by atoms with Gasteiger partial charge in [0.05, 0.1) is 0 Å². The average Bonchev–Trinajstić information content (AvgIpc) is 2.41. The van der Waals surface area contributed by atoms with Crippen LogP contribution in [0.15, 0.2) is 48.5 Å². The van der Waals surface area contributed by atoms with E-state index in [0.29, 0.717) is 11.3 Å². The van der Waals surface area contributed by atoms with Crippen molar-refractivity contribution < 1.29 is 14.3 Å². The van der Waals surface area contributed by atoms with E-state index < -0.39 is 11.4 Å². The first kappa shape index (κ1) is 13.9. The monoisotopic (exact) mass is 274 g/mol. The van der Waals surface area contributed by atoms with Crippen molar-refractivity contribution in [1.29, 1.82) is 0 Å². The molecule has 0 saturated carbocycles. The molecular weight excluding hydrogens is 259 g/mol. The van der Waals surface area contributed by atoms with Gasteiger partial charge in [0.25, 0.3) is 0 Å². The molecule has 0 spiro atoms. The van der Waals surface area contributed by atoms with E-state index in [1.54, 1.807) is 19.1 Å². The Balaban J connectivity index is 2.39. The number of amides is 1. The molecule has 2 rings (SSSR count). The number of hydrogen-bond donors (Lipinski definition) is 3. The van der Waals surface area contributed by atoms with Gasteiger partial charge in [0.2, 0.25) is 5.91 Å². The van der Waals surface area contributed by atoms with Gasteiger partial charge in [-0.25, -0.2) is 4.39 Å². The van der Waals surface area contributed by atoms with E-state index in [4.69, 9.17) is 5.73 Å². The number of primary amides is 1. The van der Waals surface area contributed by atoms with Crippen LogP contribution in [0.5, 0.6) is 5.75 Å². The fourth-order valence-electron chi connectivity index (χ4n) is 1.91. The van der Waals surface area contributed by atoms with E-state index in [-0.39, 0.29) is 11.6 Å². The summed E-state index contributed by atoms with van der Waals surface area (Å²) in [5.74, 6) is -0.933. The predicted molar refractivity (Wildman–Crippen MR) is 74.7 cm³/mol. The van der Waals surface area contributed by atoms with Crippen LogP contribution in [-0.2, 0) is 10.3 Å². The van der Waals surface area contributed by atoms with Gasteiger partial charge in [-0.15, -0.1) is 0 Å². The molecule has 104 valence electrons. The minimum Gasteiger partial charge on any atom is -0.508 e. The number of hydrogen-bond acceptors (Lipinski definition) is 3. The van der Waals surface area contributed by atoms with Crippen LogP contribution in [0.1, 0.15) is 12.5 Å². The number of rotatable bonds is 4. The van der Waals surface area contributed by atoms with Crippen LogP contribution in [-0.4, -0.2) is 11.0 Å². The smallest absolute Gasteiger partial charge is 0.247 e. The van der Waals surface area contributed by atoms with Crippen molar-refractivity contribution in [2.24, 2.45) is 5.73 Å². The maximum atomic E-state index is 12.9. The lowest BCUT2D eigenvalue weighted by molar-refractivity contribution is -0.122. The Morgan fingerprint density at radius 2 is 1.90 bits per heavy atom. The van der Waals surface area contributed by atoms with E-state index in [1.807, 2.05) is 0 Å². The molecule has 1 unspecified atom stereocenters. The van der Waals surface area contributed by atoms with Crippen LogP contribution in [0.3, 0.4) is 0 Å². The predicted octanol–water partition coefficient (Wildman–Crippen LogP) is 2.34. The SMILES string of the molecule is CC(Nc1ccc(F)cc1)(C(N)=O)c1cccc(O)c1. The molecule has 5 heteroatoms. The summed E-state index contributed by atoms with van der Waals surface area (Å²) >= 11 is 0. The Kier molecular flexibility index (Phi) is 3.61. The fraction of sp³-hybridized carbons (Fsp3) is 0.133. The highest BCUT2D eigenvalue weighted by Gasteiger charge is 2.33. The fourth-order valence-corrected chi connectivity index (χ4v) is 1.91. The Morgan fingerprint density at radius 1 is 1.25 bits per heavy atom. The molecule has 0 saturated heterocycles. The first-order chi connectivity index (χ1) is 9.41. The molecule has 1 amide bonds. The minimum atomic E-state index is -1.21. The van der Waals surface area contributed by atoms with Crippen molar-refractivity contribution in [3.8, 4) is 5.75 Å². The Hall–Kier alpha value is -2.56. The van der Waals surface area contributed by atoms with Gasteiger partial charge in [-0.05, 0) is 48.9 Å². The third kappa shape index (κ3) is 2.71. The molecule has 20 heavy (non-hydrogen) atoms. The molecule has 0 fully saturated rings. The van der Waals surface area contributed by atoms with Gasteiger partial charge in [0.15, 0.2) is 0 Å². The summed E-state index contributed by atoms with van der Waals surface area (Å²) in [6.45, 7) is 1.60. The summed E-state index contributed by atoms with van der Waals surface area (Å²) in [7, 11) is 0. The maximum Gasteiger partial charge on any atom is 0.247 e. The summed E-state index contributed by atoms with van der Waals surface area (Å²) in [6.07, 6.45) is 0. The quantitative estimate of drug-likeness (QED) is 0.801. The lowest BCUT2D eigenvalue weighted by Crippen LogP contribution is -2.45. The summed E-state index contributed by atoms with van der Waals surface area (Å²) in [5.41, 5.74) is 5.34. The molecule has 4 nitrogen and oxygen atoms in total. The number of aromatic hydroxyl groups is 1. The molecule has 0 aliphatic rings. The number of phenolic OH excluding ortho intramolecular Hbond substituents is 1. The summed E-state index contributed by atoms with van der Waals surface area (Å²) in [5, 5.41) is 12.5. The maximum absolute atomic E-state index is 12.9. The summed E-state index contributed by atoms with van der Waals surface area (Å²) in [4.78, 5) is 11.8. The van der Waals surface area contributed by atoms with Crippen molar-refractivity contribution in [1.82, 2.24) is 0 Å². The summed E-state index contributed by atoms with van der Waals surface area (Å²) in [6, 6.07) is 11.9. The summed E-state index contributed by atoms with van der Waals surface area (Å²) < 4.78 is 12.9. The molecule has 0 aromatic heterocycles. The molecule has 0 bridgehead atoms. The first-order valence-corrected chi connectivity index (χ1v) is 6.05. The van der Waals surface area contributed by atoms with Crippen LogP contribution < -0.4 is 11.1 Å². The molecule has 1 atom stereocenters. The van der Waals surface area contributed by atoms with Crippen molar-refractivity contribution in [2.75, 3.05) is 5.32 Å². The van der Waals surface area contributed by atoms with Gasteiger partial charge in [0, 0.05) is 5.69 Å². The number of benzene rings is 2. The zero-order valence-corrected chi connectivity index (χ0v) is 10.9. The molecule has 2 aromatic rings. The van der Waals surface area contributed by atoms with E-state index in [9.17, 15) is 14.3 Å². The number of carbonyl (C=O) groups excluding carboxylic acids is 1. The van der Waals surface area contributed by atoms with Gasteiger partial charge in [0.1, 0.15) is 17.1 Å². The van der Waals surface area contributed by atoms with Crippen LogP contribution in [0.4, 0.5) is 10.1 Å². The zero-order valence-electron chi connectivity index (χ0n) is 10.9. The molecule has 0 heterocycles. The lowest BCUT2D eigenvalue weighted by Gasteiger charge is -2.29. The largest absolute Gasteiger partial charge is 0.508 e. The van der Waals surface area contributed by atoms with Crippen LogP contribution in [0.2, 0.25) is 0 Å². The standard InChI is InChI=1S/C15H15FN2O2/c1-15(14(17)20,10-3-2-4-13(19)9-10)18-12-7-5-11(16)6-8-12/h2-9,18-19H,1H3,(H2,17,20). The van der Waals surface area contributed by atoms with Gasteiger partial charge >= 0.3 is 0 Å². The Bertz CT molecular complexity index is 628. The topological polar surface area (TPSA) is 75.3 Å². The van der Waals surface area contributed by atoms with Crippen LogP contribution in [0.25, 0.3) is 0 Å². The molecule has 4 N–H and O–H groups in total. The molecule has 0 aliphatic carbocycles. The molecule has 0 radical (unpaired) electrons. The van der Waals surface area contributed by atoms with E-state index in [1.165, 1.54) is 36.4 Å². The van der Waals surface area contributed by atoms with Crippen molar-refractivity contribution in [3.05, 3.63) is 59.9 Å². The second kappa shape index (κ2) is 5.21. The second-order valence-corrected chi connectivity index (χ2v) is 4.67. The third-order valence-corrected chi connectivity index (χ3v) is 3.15. The van der Waals surface area contributed by atoms with E-state index >= 15 is 0 Å². The van der Waals surface area contributed by atoms with Crippen LogP contribution >= 0.6 is 0 Å². The number of halogens is 1. The van der Waals surface area contributed by atoms with Gasteiger partial charge in [-0.3, -0.25) is 4.79 Å². The molecule has 0 aliphatic heterocycles. The second-order valence-electron chi connectivity index (χ2n) is 4.67. The number of anilines is 1. The Labute approximate surface area is 116 Å². The first-order valence-electron chi connectivity index (χ1n) is 6.05. The number of carbonyl (C=O) groups is 1. The normalized spacial score (nSPS) is 13.5. The number of nitrogens with one attached hydrogen (secondary N) is 1.